The Balaban J connectivity index is 2.49. The zero-order valence-corrected chi connectivity index (χ0v) is 12.9. The Morgan fingerprint density at radius 2 is 2.05 bits per heavy atom. The van der Waals surface area contributed by atoms with Gasteiger partial charge in [-0.2, -0.15) is 0 Å². The minimum atomic E-state index is -0.309. The molecule has 0 aliphatic heterocycles. The third-order valence-electron chi connectivity index (χ3n) is 2.72. The molecular weight excluding hydrogens is 323 g/mol. The molecule has 106 valence electrons. The van der Waals surface area contributed by atoms with Gasteiger partial charge in [0, 0.05) is 21.8 Å². The van der Waals surface area contributed by atoms with Gasteiger partial charge in [-0.25, -0.2) is 20.2 Å². The summed E-state index contributed by atoms with van der Waals surface area (Å²) >= 11 is 3.33. The number of nitrogens with zero attached hydrogens (tertiary/aromatic N) is 2. The fraction of sp³-hybridized carbons (Fsp3) is 0.286. The predicted molar refractivity (Wildman–Crippen MR) is 81.5 cm³/mol. The van der Waals surface area contributed by atoms with Gasteiger partial charge < -0.3 is 5.43 Å². The molecule has 0 saturated carbocycles. The molecule has 1 aromatic heterocycles. The van der Waals surface area contributed by atoms with Gasteiger partial charge in [0.2, 0.25) is 0 Å². The van der Waals surface area contributed by atoms with Crippen LogP contribution in [0.25, 0.3) is 11.4 Å². The lowest BCUT2D eigenvalue weighted by Gasteiger charge is -2.10. The van der Waals surface area contributed by atoms with Crippen LogP contribution in [-0.2, 0) is 6.42 Å². The monoisotopic (exact) mass is 338 g/mol. The Morgan fingerprint density at radius 1 is 1.30 bits per heavy atom. The van der Waals surface area contributed by atoms with Crippen LogP contribution in [0.1, 0.15) is 19.5 Å². The third-order valence-corrected chi connectivity index (χ3v) is 3.37. The van der Waals surface area contributed by atoms with Crippen LogP contribution in [0.4, 0.5) is 10.2 Å². The van der Waals surface area contributed by atoms with E-state index in [9.17, 15) is 4.39 Å². The normalized spacial score (nSPS) is 10.9. The number of aromatic nitrogens is 2. The van der Waals surface area contributed by atoms with Crippen molar-refractivity contribution in [3.05, 3.63) is 40.2 Å². The van der Waals surface area contributed by atoms with E-state index in [4.69, 9.17) is 5.84 Å². The van der Waals surface area contributed by atoms with Gasteiger partial charge in [0.1, 0.15) is 11.6 Å². The molecule has 0 amide bonds. The lowest BCUT2D eigenvalue weighted by molar-refractivity contribution is 0.627. The van der Waals surface area contributed by atoms with Crippen LogP contribution in [0, 0.1) is 11.7 Å². The smallest absolute Gasteiger partial charge is 0.162 e. The average molecular weight is 339 g/mol. The molecule has 2 rings (SSSR count). The Kier molecular flexibility index (Phi) is 4.67. The summed E-state index contributed by atoms with van der Waals surface area (Å²) < 4.78 is 13.8. The Morgan fingerprint density at radius 3 is 2.65 bits per heavy atom. The number of hydrogen-bond acceptors (Lipinski definition) is 4. The summed E-state index contributed by atoms with van der Waals surface area (Å²) in [6.45, 7) is 4.23. The predicted octanol–water partition coefficient (Wildman–Crippen LogP) is 3.53. The summed E-state index contributed by atoms with van der Waals surface area (Å²) in [7, 11) is 0. The van der Waals surface area contributed by atoms with E-state index in [0.717, 1.165) is 17.7 Å². The SMILES string of the molecule is CC(C)Cc1cc(NN)nc(-c2ccc(F)cc2Br)n1. The number of nitrogens with one attached hydrogen (secondary N) is 1. The van der Waals surface area contributed by atoms with Crippen LogP contribution in [0.15, 0.2) is 28.7 Å². The molecule has 20 heavy (non-hydrogen) atoms. The molecule has 2 aromatic rings. The van der Waals surface area contributed by atoms with Crippen molar-refractivity contribution < 1.29 is 4.39 Å². The minimum Gasteiger partial charge on any atom is -0.308 e. The molecule has 1 aromatic carbocycles. The number of hydrogen-bond donors (Lipinski definition) is 2. The summed E-state index contributed by atoms with van der Waals surface area (Å²) in [6.07, 6.45) is 0.822. The van der Waals surface area contributed by atoms with Crippen LogP contribution < -0.4 is 11.3 Å². The van der Waals surface area contributed by atoms with Gasteiger partial charge in [0.15, 0.2) is 5.82 Å². The van der Waals surface area contributed by atoms with Gasteiger partial charge in [-0.1, -0.05) is 13.8 Å². The first-order valence-electron chi connectivity index (χ1n) is 6.29. The molecule has 1 heterocycles. The molecule has 0 spiro atoms. The van der Waals surface area contributed by atoms with Crippen LogP contribution in [0.2, 0.25) is 0 Å². The molecule has 0 bridgehead atoms. The second kappa shape index (κ2) is 6.28. The zero-order chi connectivity index (χ0) is 14.7. The summed E-state index contributed by atoms with van der Waals surface area (Å²) in [5, 5.41) is 0. The largest absolute Gasteiger partial charge is 0.308 e. The van der Waals surface area contributed by atoms with Crippen LogP contribution >= 0.6 is 15.9 Å². The fourth-order valence-electron chi connectivity index (χ4n) is 1.89. The highest BCUT2D eigenvalue weighted by Gasteiger charge is 2.11. The van der Waals surface area contributed by atoms with Crippen molar-refractivity contribution in [3.8, 4) is 11.4 Å². The number of benzene rings is 1. The summed E-state index contributed by atoms with van der Waals surface area (Å²) in [6, 6.07) is 6.24. The first kappa shape index (κ1) is 14.9. The van der Waals surface area contributed by atoms with E-state index in [2.05, 4.69) is 45.2 Å². The molecule has 0 aliphatic carbocycles. The topological polar surface area (TPSA) is 63.8 Å². The molecule has 0 radical (unpaired) electrons. The number of anilines is 1. The molecule has 0 fully saturated rings. The quantitative estimate of drug-likeness (QED) is 0.661. The maximum absolute atomic E-state index is 13.2. The standard InChI is InChI=1S/C14H16BrFN4/c1-8(2)5-10-7-13(20-17)19-14(18-10)11-4-3-9(16)6-12(11)15/h3-4,6-8H,5,17H2,1-2H3,(H,18,19,20). The van der Waals surface area contributed by atoms with E-state index in [1.165, 1.54) is 12.1 Å². The third kappa shape index (κ3) is 3.52. The maximum Gasteiger partial charge on any atom is 0.162 e. The Hall–Kier alpha value is -1.53. The van der Waals surface area contributed by atoms with Crippen molar-refractivity contribution in [2.24, 2.45) is 11.8 Å². The molecule has 6 heteroatoms. The lowest BCUT2D eigenvalue weighted by atomic mass is 10.1. The van der Waals surface area contributed by atoms with Crippen molar-refractivity contribution in [1.29, 1.82) is 0 Å². The number of halogens is 2. The van der Waals surface area contributed by atoms with E-state index in [1.807, 2.05) is 6.07 Å². The zero-order valence-electron chi connectivity index (χ0n) is 11.3. The van der Waals surface area contributed by atoms with Crippen molar-refractivity contribution in [1.82, 2.24) is 9.97 Å². The summed E-state index contributed by atoms with van der Waals surface area (Å²) in [4.78, 5) is 8.84. The van der Waals surface area contributed by atoms with Gasteiger partial charge in [0.25, 0.3) is 0 Å². The van der Waals surface area contributed by atoms with Gasteiger partial charge >= 0.3 is 0 Å². The highest BCUT2D eigenvalue weighted by atomic mass is 79.9. The molecular formula is C14H16BrFN4. The van der Waals surface area contributed by atoms with Crippen LogP contribution in [0.5, 0.6) is 0 Å². The van der Waals surface area contributed by atoms with Crippen molar-refractivity contribution in [2.45, 2.75) is 20.3 Å². The number of nitrogens with two attached hydrogens (primary N) is 1. The molecule has 0 saturated heterocycles. The Bertz CT molecular complexity index is 616. The van der Waals surface area contributed by atoms with Crippen molar-refractivity contribution >= 4 is 21.7 Å². The summed E-state index contributed by atoms with van der Waals surface area (Å²) in [5.41, 5.74) is 4.17. The van der Waals surface area contributed by atoms with Crippen molar-refractivity contribution in [2.75, 3.05) is 5.43 Å². The van der Waals surface area contributed by atoms with E-state index in [1.54, 1.807) is 6.07 Å². The van der Waals surface area contributed by atoms with E-state index < -0.39 is 0 Å². The van der Waals surface area contributed by atoms with Crippen LogP contribution in [-0.4, -0.2) is 9.97 Å². The van der Waals surface area contributed by atoms with Gasteiger partial charge in [-0.15, -0.1) is 0 Å². The van der Waals surface area contributed by atoms with E-state index in [0.29, 0.717) is 22.0 Å². The van der Waals surface area contributed by atoms with Gasteiger partial charge in [0.05, 0.1) is 0 Å². The van der Waals surface area contributed by atoms with E-state index >= 15 is 0 Å². The second-order valence-electron chi connectivity index (χ2n) is 4.93. The molecule has 0 aliphatic rings. The number of nitrogen functional groups attached to an aromatic ring is 1. The molecule has 3 N–H and O–H groups in total. The number of rotatable bonds is 4. The van der Waals surface area contributed by atoms with E-state index in [-0.39, 0.29) is 5.82 Å². The van der Waals surface area contributed by atoms with Gasteiger partial charge in [-0.05, 0) is 46.5 Å². The molecule has 4 nitrogen and oxygen atoms in total. The highest BCUT2D eigenvalue weighted by Crippen LogP contribution is 2.27. The summed E-state index contributed by atoms with van der Waals surface area (Å²) in [5.74, 6) is 6.67. The van der Waals surface area contributed by atoms with Gasteiger partial charge in [-0.3, -0.25) is 0 Å². The molecule has 0 unspecified atom stereocenters. The van der Waals surface area contributed by atoms with Crippen molar-refractivity contribution in [3.63, 3.8) is 0 Å². The van der Waals surface area contributed by atoms with Crippen LogP contribution in [0.3, 0.4) is 0 Å². The first-order valence-corrected chi connectivity index (χ1v) is 7.09. The Labute approximate surface area is 125 Å². The fourth-order valence-corrected chi connectivity index (χ4v) is 2.41. The highest BCUT2D eigenvalue weighted by molar-refractivity contribution is 9.10. The average Bonchev–Trinajstić information content (AvgIpc) is 2.37. The maximum atomic E-state index is 13.2. The first-order chi connectivity index (χ1) is 9.49. The molecule has 0 atom stereocenters. The lowest BCUT2D eigenvalue weighted by Crippen LogP contribution is -2.11. The number of hydrazine groups is 1. The second-order valence-corrected chi connectivity index (χ2v) is 5.79. The minimum absolute atomic E-state index is 0.309.